The fraction of sp³-hybridized carbons (Fsp3) is 0.562. The highest BCUT2D eigenvalue weighted by molar-refractivity contribution is 7.98. The van der Waals surface area contributed by atoms with Crippen molar-refractivity contribution in [2.75, 3.05) is 52.7 Å². The van der Waals surface area contributed by atoms with Gasteiger partial charge in [0.15, 0.2) is 0 Å². The minimum atomic E-state index is -0.776. The normalized spacial score (nSPS) is 18.3. The molecule has 1 heterocycles. The molecule has 0 bridgehead atoms. The summed E-state index contributed by atoms with van der Waals surface area (Å²) < 4.78 is 5.10. The van der Waals surface area contributed by atoms with Crippen molar-refractivity contribution >= 4 is 17.7 Å². The van der Waals surface area contributed by atoms with Crippen LogP contribution in [-0.4, -0.2) is 73.6 Å². The van der Waals surface area contributed by atoms with Crippen molar-refractivity contribution in [1.82, 2.24) is 9.80 Å². The lowest BCUT2D eigenvalue weighted by molar-refractivity contribution is -0.144. The van der Waals surface area contributed by atoms with Crippen LogP contribution in [0.5, 0.6) is 0 Å². The molecule has 0 amide bonds. The number of piperazine rings is 1. The third-order valence-corrected chi connectivity index (χ3v) is 4.79. The number of carbonyl (C=O) groups is 1. The van der Waals surface area contributed by atoms with Crippen LogP contribution in [0.1, 0.15) is 11.6 Å². The minimum absolute atomic E-state index is 0.555. The summed E-state index contributed by atoms with van der Waals surface area (Å²) in [6.45, 7) is 4.94. The number of carboxylic acid groups (broad SMARTS) is 1. The first-order valence-electron chi connectivity index (χ1n) is 7.48. The van der Waals surface area contributed by atoms with Gasteiger partial charge in [-0.2, -0.15) is 0 Å². The first kappa shape index (κ1) is 17.3. The van der Waals surface area contributed by atoms with Gasteiger partial charge in [-0.3, -0.25) is 14.6 Å². The molecule has 0 aromatic heterocycles. The van der Waals surface area contributed by atoms with E-state index in [4.69, 9.17) is 4.74 Å². The molecule has 1 fully saturated rings. The number of aliphatic carboxylic acids is 1. The molecule has 0 aliphatic carbocycles. The molecule has 0 saturated carbocycles. The molecule has 1 aliphatic rings. The van der Waals surface area contributed by atoms with E-state index in [-0.39, 0.29) is 0 Å². The number of benzene rings is 1. The first-order chi connectivity index (χ1) is 10.7. The highest BCUT2D eigenvalue weighted by Crippen LogP contribution is 2.25. The second kappa shape index (κ2) is 8.53. The summed E-state index contributed by atoms with van der Waals surface area (Å²) >= 11 is 1.66. The van der Waals surface area contributed by atoms with E-state index in [1.54, 1.807) is 18.9 Å². The summed E-state index contributed by atoms with van der Waals surface area (Å²) in [7, 11) is 1.70. The van der Waals surface area contributed by atoms with Gasteiger partial charge < -0.3 is 9.84 Å². The summed E-state index contributed by atoms with van der Waals surface area (Å²) in [6, 6.07) is 7.29. The molecule has 122 valence electrons. The van der Waals surface area contributed by atoms with Crippen molar-refractivity contribution in [2.24, 2.45) is 0 Å². The first-order valence-corrected chi connectivity index (χ1v) is 8.70. The number of hydrogen-bond acceptors (Lipinski definition) is 5. The number of thioether (sulfide) groups is 1. The molecule has 1 aliphatic heterocycles. The highest BCUT2D eigenvalue weighted by atomic mass is 32.2. The average molecular weight is 324 g/mol. The van der Waals surface area contributed by atoms with E-state index in [2.05, 4.69) is 9.80 Å². The van der Waals surface area contributed by atoms with Crippen LogP contribution >= 0.6 is 11.8 Å². The maximum atomic E-state index is 11.7. The van der Waals surface area contributed by atoms with E-state index in [1.165, 1.54) is 0 Å². The van der Waals surface area contributed by atoms with E-state index >= 15 is 0 Å². The molecule has 1 N–H and O–H groups in total. The number of rotatable bonds is 7. The number of carboxylic acids is 1. The van der Waals surface area contributed by atoms with Gasteiger partial charge in [0.25, 0.3) is 0 Å². The van der Waals surface area contributed by atoms with Crippen LogP contribution in [0.2, 0.25) is 0 Å². The largest absolute Gasteiger partial charge is 0.480 e. The van der Waals surface area contributed by atoms with Gasteiger partial charge in [-0.15, -0.1) is 11.8 Å². The van der Waals surface area contributed by atoms with Crippen molar-refractivity contribution in [3.8, 4) is 0 Å². The Labute approximate surface area is 136 Å². The molecule has 2 rings (SSSR count). The topological polar surface area (TPSA) is 53.0 Å². The summed E-state index contributed by atoms with van der Waals surface area (Å²) in [5.41, 5.74) is 0.857. The standard InChI is InChI=1S/C16H24N2O3S/c1-21-12-11-17-7-9-18(10-8-17)15(16(19)20)13-3-5-14(22-2)6-4-13/h3-6,15H,7-12H2,1-2H3,(H,19,20). The van der Waals surface area contributed by atoms with Gasteiger partial charge in [-0.25, -0.2) is 0 Å². The van der Waals surface area contributed by atoms with Gasteiger partial charge in [0.05, 0.1) is 6.61 Å². The Morgan fingerprint density at radius 1 is 1.27 bits per heavy atom. The van der Waals surface area contributed by atoms with Crippen molar-refractivity contribution in [1.29, 1.82) is 0 Å². The van der Waals surface area contributed by atoms with E-state index in [0.717, 1.165) is 49.8 Å². The summed E-state index contributed by atoms with van der Waals surface area (Å²) in [5, 5.41) is 9.63. The Balaban J connectivity index is 2.01. The predicted molar refractivity (Wildman–Crippen MR) is 88.5 cm³/mol. The molecule has 0 radical (unpaired) electrons. The van der Waals surface area contributed by atoms with Gasteiger partial charge in [0.2, 0.25) is 0 Å². The quantitative estimate of drug-likeness (QED) is 0.772. The highest BCUT2D eigenvalue weighted by Gasteiger charge is 2.30. The van der Waals surface area contributed by atoms with Crippen molar-refractivity contribution in [2.45, 2.75) is 10.9 Å². The number of nitrogens with zero attached hydrogens (tertiary/aromatic N) is 2. The van der Waals surface area contributed by atoms with Gasteiger partial charge in [-0.05, 0) is 24.0 Å². The molecule has 22 heavy (non-hydrogen) atoms. The zero-order valence-corrected chi connectivity index (χ0v) is 14.0. The third-order valence-electron chi connectivity index (χ3n) is 4.05. The molecule has 1 atom stereocenters. The van der Waals surface area contributed by atoms with E-state index in [1.807, 2.05) is 30.5 Å². The van der Waals surface area contributed by atoms with Crippen molar-refractivity contribution in [3.63, 3.8) is 0 Å². The third kappa shape index (κ3) is 4.46. The van der Waals surface area contributed by atoms with Crippen LogP contribution in [0.25, 0.3) is 0 Å². The summed E-state index contributed by atoms with van der Waals surface area (Å²) in [4.78, 5) is 17.2. The molecular formula is C16H24N2O3S. The molecular weight excluding hydrogens is 300 g/mol. The Morgan fingerprint density at radius 2 is 1.91 bits per heavy atom. The number of methoxy groups -OCH3 is 1. The Morgan fingerprint density at radius 3 is 2.41 bits per heavy atom. The Hall–Kier alpha value is -1.08. The predicted octanol–water partition coefficient (Wildman–Crippen LogP) is 1.80. The van der Waals surface area contributed by atoms with Gasteiger partial charge in [0.1, 0.15) is 6.04 Å². The lowest BCUT2D eigenvalue weighted by atomic mass is 10.0. The number of hydrogen-bond donors (Lipinski definition) is 1. The second-order valence-electron chi connectivity index (χ2n) is 5.38. The molecule has 1 unspecified atom stereocenters. The molecule has 1 aromatic carbocycles. The molecule has 0 spiro atoms. The van der Waals surface area contributed by atoms with E-state index < -0.39 is 12.0 Å². The van der Waals surface area contributed by atoms with Crippen LogP contribution in [0, 0.1) is 0 Å². The summed E-state index contributed by atoms with van der Waals surface area (Å²) in [6.07, 6.45) is 2.02. The SMILES string of the molecule is COCCN1CCN(C(C(=O)O)c2ccc(SC)cc2)CC1. The van der Waals surface area contributed by atoms with Crippen molar-refractivity contribution in [3.05, 3.63) is 29.8 Å². The minimum Gasteiger partial charge on any atom is -0.480 e. The Kier molecular flexibility index (Phi) is 6.70. The van der Waals surface area contributed by atoms with Gasteiger partial charge in [0, 0.05) is 44.7 Å². The summed E-state index contributed by atoms with van der Waals surface area (Å²) in [5.74, 6) is -0.776. The maximum absolute atomic E-state index is 11.7. The van der Waals surface area contributed by atoms with Gasteiger partial charge >= 0.3 is 5.97 Å². The lowest BCUT2D eigenvalue weighted by Crippen LogP contribution is -2.49. The zero-order chi connectivity index (χ0) is 15.9. The zero-order valence-electron chi connectivity index (χ0n) is 13.2. The van der Waals surface area contributed by atoms with Crippen LogP contribution in [0.15, 0.2) is 29.2 Å². The monoisotopic (exact) mass is 324 g/mol. The fourth-order valence-electron chi connectivity index (χ4n) is 2.76. The maximum Gasteiger partial charge on any atom is 0.325 e. The van der Waals surface area contributed by atoms with Crippen LogP contribution < -0.4 is 0 Å². The molecule has 1 saturated heterocycles. The lowest BCUT2D eigenvalue weighted by Gasteiger charge is -2.37. The Bertz CT molecular complexity index is 473. The van der Waals surface area contributed by atoms with Crippen LogP contribution in [0.4, 0.5) is 0 Å². The molecule has 6 heteroatoms. The fourth-order valence-corrected chi connectivity index (χ4v) is 3.17. The van der Waals surface area contributed by atoms with E-state index in [0.29, 0.717) is 0 Å². The van der Waals surface area contributed by atoms with Crippen molar-refractivity contribution < 1.29 is 14.6 Å². The smallest absolute Gasteiger partial charge is 0.325 e. The van der Waals surface area contributed by atoms with E-state index in [9.17, 15) is 9.90 Å². The second-order valence-corrected chi connectivity index (χ2v) is 6.26. The number of ether oxygens (including phenoxy) is 1. The molecule has 5 nitrogen and oxygen atoms in total. The average Bonchev–Trinajstić information content (AvgIpc) is 2.54. The van der Waals surface area contributed by atoms with Crippen LogP contribution in [-0.2, 0) is 9.53 Å². The van der Waals surface area contributed by atoms with Gasteiger partial charge in [-0.1, -0.05) is 12.1 Å². The molecule has 1 aromatic rings. The van der Waals surface area contributed by atoms with Crippen LogP contribution in [0.3, 0.4) is 0 Å².